The first-order chi connectivity index (χ1) is 15.7. The van der Waals surface area contributed by atoms with Crippen LogP contribution in [-0.2, 0) is 0 Å². The molecule has 0 saturated carbocycles. The maximum absolute atomic E-state index is 6.79. The van der Waals surface area contributed by atoms with Crippen molar-refractivity contribution in [2.45, 2.75) is 38.0 Å². The number of hydrazone groups is 1. The first-order valence-electron chi connectivity index (χ1n) is 11.6. The maximum Gasteiger partial charge on any atom is 0.200 e. The van der Waals surface area contributed by atoms with Crippen LogP contribution in [0.1, 0.15) is 43.4 Å². The Kier molecular flexibility index (Phi) is 4.68. The van der Waals surface area contributed by atoms with Crippen molar-refractivity contribution in [1.82, 2.24) is 9.91 Å². The molecule has 0 amide bonds. The molecule has 0 bridgehead atoms. The molecule has 1 saturated heterocycles. The van der Waals surface area contributed by atoms with Gasteiger partial charge in [-0.2, -0.15) is 5.10 Å². The minimum absolute atomic E-state index is 0.130. The number of benzene rings is 2. The van der Waals surface area contributed by atoms with Gasteiger partial charge in [-0.25, -0.2) is 5.01 Å². The Morgan fingerprint density at radius 1 is 1.09 bits per heavy atom. The van der Waals surface area contributed by atoms with Gasteiger partial charge < -0.3 is 23.8 Å². The van der Waals surface area contributed by atoms with Crippen molar-refractivity contribution in [3.05, 3.63) is 47.5 Å². The van der Waals surface area contributed by atoms with Gasteiger partial charge in [0, 0.05) is 43.5 Å². The highest BCUT2D eigenvalue weighted by Gasteiger charge is 2.52. The van der Waals surface area contributed by atoms with Gasteiger partial charge in [0.2, 0.25) is 5.72 Å². The monoisotopic (exact) mass is 435 g/mol. The molecule has 168 valence electrons. The number of hydrogen-bond acceptors (Lipinski definition) is 7. The van der Waals surface area contributed by atoms with Crippen LogP contribution in [0.2, 0.25) is 0 Å². The largest absolute Gasteiger partial charge is 0.493 e. The molecule has 0 unspecified atom stereocenters. The standard InChI is InChI=1S/C25H29N3O4/c1-3-27-11-9-25(10-12-27)28-20(18-5-4-6-22(29-2)24(18)32-25)16-19(26-28)17-7-8-21-23(15-17)31-14-13-30-21/h4-8,15,20H,3,9-14,16H2,1-2H3/t20-/m0/s1. The van der Waals surface area contributed by atoms with Gasteiger partial charge in [0.25, 0.3) is 0 Å². The third-order valence-electron chi connectivity index (χ3n) is 7.17. The smallest absolute Gasteiger partial charge is 0.200 e. The van der Waals surface area contributed by atoms with E-state index in [1.54, 1.807) is 7.11 Å². The van der Waals surface area contributed by atoms with Crippen molar-refractivity contribution in [2.75, 3.05) is 40.0 Å². The van der Waals surface area contributed by atoms with Crippen molar-refractivity contribution >= 4 is 5.71 Å². The molecule has 1 spiro atoms. The van der Waals surface area contributed by atoms with Gasteiger partial charge in [-0.15, -0.1) is 0 Å². The predicted molar refractivity (Wildman–Crippen MR) is 121 cm³/mol. The van der Waals surface area contributed by atoms with E-state index in [9.17, 15) is 0 Å². The fraction of sp³-hybridized carbons (Fsp3) is 0.480. The summed E-state index contributed by atoms with van der Waals surface area (Å²) in [5, 5.41) is 7.42. The predicted octanol–water partition coefficient (Wildman–Crippen LogP) is 3.82. The summed E-state index contributed by atoms with van der Waals surface area (Å²) in [5.74, 6) is 3.27. The third kappa shape index (κ3) is 3.02. The van der Waals surface area contributed by atoms with Gasteiger partial charge in [0.1, 0.15) is 13.2 Å². The lowest BCUT2D eigenvalue weighted by Crippen LogP contribution is -2.59. The van der Waals surface area contributed by atoms with Crippen LogP contribution in [0.5, 0.6) is 23.0 Å². The highest BCUT2D eigenvalue weighted by Crippen LogP contribution is 2.52. The molecule has 4 aliphatic heterocycles. The van der Waals surface area contributed by atoms with Crippen molar-refractivity contribution in [1.29, 1.82) is 0 Å². The van der Waals surface area contributed by atoms with Crippen LogP contribution in [0.15, 0.2) is 41.5 Å². The van der Waals surface area contributed by atoms with Crippen LogP contribution < -0.4 is 18.9 Å². The lowest BCUT2D eigenvalue weighted by molar-refractivity contribution is -0.150. The SMILES string of the molecule is CCN1CCC2(CC1)Oc1c(OC)cccc1[C@@H]1CC(c3ccc4c(c3)OCCO4)=NN12. The first kappa shape index (κ1) is 19.7. The lowest BCUT2D eigenvalue weighted by atomic mass is 9.90. The molecule has 2 aromatic carbocycles. The number of piperidine rings is 1. The summed E-state index contributed by atoms with van der Waals surface area (Å²) in [6.07, 6.45) is 2.64. The molecule has 4 aliphatic rings. The molecule has 0 N–H and O–H groups in total. The molecule has 7 nitrogen and oxygen atoms in total. The van der Waals surface area contributed by atoms with E-state index in [0.29, 0.717) is 13.2 Å². The van der Waals surface area contributed by atoms with Crippen LogP contribution >= 0.6 is 0 Å². The topological polar surface area (TPSA) is 55.8 Å². The van der Waals surface area contributed by atoms with E-state index in [0.717, 1.165) is 78.7 Å². The van der Waals surface area contributed by atoms with E-state index >= 15 is 0 Å². The molecule has 1 fully saturated rings. The van der Waals surface area contributed by atoms with E-state index in [1.807, 2.05) is 18.2 Å². The summed E-state index contributed by atoms with van der Waals surface area (Å²) in [4.78, 5) is 2.48. The van der Waals surface area contributed by atoms with E-state index < -0.39 is 5.72 Å². The van der Waals surface area contributed by atoms with Gasteiger partial charge >= 0.3 is 0 Å². The average molecular weight is 436 g/mol. The Hall–Kier alpha value is -2.93. The Morgan fingerprint density at radius 2 is 1.91 bits per heavy atom. The van der Waals surface area contributed by atoms with Crippen molar-refractivity contribution in [3.8, 4) is 23.0 Å². The number of fused-ring (bicyclic) bond motifs is 5. The van der Waals surface area contributed by atoms with E-state index in [2.05, 4.69) is 35.0 Å². The van der Waals surface area contributed by atoms with Gasteiger partial charge in [0.05, 0.1) is 18.9 Å². The molecule has 32 heavy (non-hydrogen) atoms. The van der Waals surface area contributed by atoms with Crippen LogP contribution in [-0.4, -0.2) is 61.3 Å². The molecule has 7 heteroatoms. The summed E-state index contributed by atoms with van der Waals surface area (Å²) >= 11 is 0. The highest BCUT2D eigenvalue weighted by molar-refractivity contribution is 6.02. The van der Waals surface area contributed by atoms with Crippen molar-refractivity contribution in [3.63, 3.8) is 0 Å². The van der Waals surface area contributed by atoms with Crippen LogP contribution in [0.3, 0.4) is 0 Å². The quantitative estimate of drug-likeness (QED) is 0.731. The minimum atomic E-state index is -0.451. The number of nitrogens with zero attached hydrogens (tertiary/aromatic N) is 3. The Labute approximate surface area is 188 Å². The Bertz CT molecular complexity index is 1060. The summed E-state index contributed by atoms with van der Waals surface area (Å²) < 4.78 is 24.0. The summed E-state index contributed by atoms with van der Waals surface area (Å²) in [5.41, 5.74) is 2.83. The number of rotatable bonds is 3. The van der Waals surface area contributed by atoms with Gasteiger partial charge in [0.15, 0.2) is 23.0 Å². The lowest BCUT2D eigenvalue weighted by Gasteiger charge is -2.51. The van der Waals surface area contributed by atoms with E-state index in [4.69, 9.17) is 24.0 Å². The van der Waals surface area contributed by atoms with Crippen LogP contribution in [0.25, 0.3) is 0 Å². The van der Waals surface area contributed by atoms with Crippen LogP contribution in [0.4, 0.5) is 0 Å². The highest BCUT2D eigenvalue weighted by atomic mass is 16.6. The molecular formula is C25H29N3O4. The molecule has 0 aromatic heterocycles. The first-order valence-corrected chi connectivity index (χ1v) is 11.6. The van der Waals surface area contributed by atoms with Crippen molar-refractivity contribution in [2.24, 2.45) is 5.10 Å². The Morgan fingerprint density at radius 3 is 2.69 bits per heavy atom. The number of para-hydroxylation sites is 1. The van der Waals surface area contributed by atoms with Crippen LogP contribution in [0, 0.1) is 0 Å². The van der Waals surface area contributed by atoms with Gasteiger partial charge in [-0.3, -0.25) is 0 Å². The van der Waals surface area contributed by atoms with Gasteiger partial charge in [-0.1, -0.05) is 19.1 Å². The summed E-state index contributed by atoms with van der Waals surface area (Å²) in [6, 6.07) is 12.4. The number of hydrogen-bond donors (Lipinski definition) is 0. The molecular weight excluding hydrogens is 406 g/mol. The zero-order valence-electron chi connectivity index (χ0n) is 18.7. The molecule has 6 rings (SSSR count). The number of likely N-dealkylation sites (tertiary alicyclic amines) is 1. The van der Waals surface area contributed by atoms with E-state index in [1.165, 1.54) is 0 Å². The maximum atomic E-state index is 6.79. The fourth-order valence-electron chi connectivity index (χ4n) is 5.38. The van der Waals surface area contributed by atoms with Crippen molar-refractivity contribution < 1.29 is 18.9 Å². The summed E-state index contributed by atoms with van der Waals surface area (Å²) in [6.45, 7) is 6.45. The fourth-order valence-corrected chi connectivity index (χ4v) is 5.38. The zero-order valence-corrected chi connectivity index (χ0v) is 18.7. The second-order valence-electron chi connectivity index (χ2n) is 8.83. The third-order valence-corrected chi connectivity index (χ3v) is 7.17. The van der Waals surface area contributed by atoms with Gasteiger partial charge in [-0.05, 0) is 30.8 Å². The zero-order chi connectivity index (χ0) is 21.7. The molecule has 0 radical (unpaired) electrons. The van der Waals surface area contributed by atoms with E-state index in [-0.39, 0.29) is 6.04 Å². The molecule has 1 atom stereocenters. The molecule has 4 heterocycles. The number of methoxy groups -OCH3 is 1. The summed E-state index contributed by atoms with van der Waals surface area (Å²) in [7, 11) is 1.71. The second kappa shape index (κ2) is 7.59. The molecule has 0 aliphatic carbocycles. The average Bonchev–Trinajstić information content (AvgIpc) is 3.31. The second-order valence-corrected chi connectivity index (χ2v) is 8.83. The normalized spacial score (nSPS) is 23.2. The number of ether oxygens (including phenoxy) is 4. The molecule has 2 aromatic rings. The Balaban J connectivity index is 1.41. The minimum Gasteiger partial charge on any atom is -0.493 e.